The molecule has 0 saturated carbocycles. The van der Waals surface area contributed by atoms with Crippen molar-refractivity contribution in [2.75, 3.05) is 6.61 Å². The van der Waals surface area contributed by atoms with E-state index in [-0.39, 0.29) is 5.82 Å². The highest BCUT2D eigenvalue weighted by Gasteiger charge is 2.12. The predicted octanol–water partition coefficient (Wildman–Crippen LogP) is 7.75. The van der Waals surface area contributed by atoms with Gasteiger partial charge < -0.3 is 9.47 Å². The SMILES string of the molecule is CCCCOc1ccc(-c2ccc3c(F)c(CCc4ccc(OC(F)F)c(F)c4)ccc3c2)nc1. The van der Waals surface area contributed by atoms with E-state index in [4.69, 9.17) is 4.74 Å². The Morgan fingerprint density at radius 3 is 2.49 bits per heavy atom. The van der Waals surface area contributed by atoms with Crippen LogP contribution in [0.1, 0.15) is 30.9 Å². The lowest BCUT2D eigenvalue weighted by Crippen LogP contribution is -2.04. The van der Waals surface area contributed by atoms with Crippen molar-refractivity contribution in [3.8, 4) is 22.8 Å². The molecular weight excluding hydrogens is 458 g/mol. The monoisotopic (exact) mass is 483 g/mol. The Morgan fingerprint density at radius 1 is 0.914 bits per heavy atom. The van der Waals surface area contributed by atoms with Crippen LogP contribution in [-0.4, -0.2) is 18.2 Å². The van der Waals surface area contributed by atoms with Crippen molar-refractivity contribution in [1.82, 2.24) is 4.98 Å². The zero-order valence-corrected chi connectivity index (χ0v) is 19.2. The summed E-state index contributed by atoms with van der Waals surface area (Å²) in [6.45, 7) is -0.336. The number of aromatic nitrogens is 1. The average Bonchev–Trinajstić information content (AvgIpc) is 2.85. The van der Waals surface area contributed by atoms with Crippen molar-refractivity contribution >= 4 is 10.8 Å². The van der Waals surface area contributed by atoms with Crippen molar-refractivity contribution in [3.05, 3.63) is 89.6 Å². The number of nitrogens with zero attached hydrogens (tertiary/aromatic N) is 1. The maximum absolute atomic E-state index is 15.2. The van der Waals surface area contributed by atoms with Gasteiger partial charge in [0.1, 0.15) is 11.6 Å². The Balaban J connectivity index is 1.47. The molecule has 0 radical (unpaired) electrons. The summed E-state index contributed by atoms with van der Waals surface area (Å²) in [6.07, 6.45) is 4.42. The van der Waals surface area contributed by atoms with Crippen LogP contribution in [0.4, 0.5) is 17.6 Å². The normalized spacial score (nSPS) is 11.3. The molecule has 0 spiro atoms. The van der Waals surface area contributed by atoms with Gasteiger partial charge in [0, 0.05) is 10.9 Å². The molecular formula is C28H25F4NO2. The minimum atomic E-state index is -3.10. The van der Waals surface area contributed by atoms with Crippen LogP contribution in [0.15, 0.2) is 66.9 Å². The Bertz CT molecular complexity index is 1290. The van der Waals surface area contributed by atoms with E-state index in [1.807, 2.05) is 30.3 Å². The van der Waals surface area contributed by atoms with Crippen LogP contribution >= 0.6 is 0 Å². The largest absolute Gasteiger partial charge is 0.492 e. The number of hydrogen-bond acceptors (Lipinski definition) is 3. The summed E-state index contributed by atoms with van der Waals surface area (Å²) in [5.74, 6) is -0.998. The highest BCUT2D eigenvalue weighted by molar-refractivity contribution is 5.88. The van der Waals surface area contributed by atoms with Gasteiger partial charge in [0.05, 0.1) is 18.5 Å². The number of pyridine rings is 1. The lowest BCUT2D eigenvalue weighted by Gasteiger charge is -2.10. The minimum absolute atomic E-state index is 0.332. The van der Waals surface area contributed by atoms with E-state index in [1.54, 1.807) is 18.3 Å². The summed E-state index contributed by atoms with van der Waals surface area (Å²) in [4.78, 5) is 4.47. The molecule has 3 nitrogen and oxygen atoms in total. The van der Waals surface area contributed by atoms with E-state index in [1.165, 1.54) is 6.07 Å². The van der Waals surface area contributed by atoms with Crippen molar-refractivity contribution in [2.24, 2.45) is 0 Å². The third-order valence-electron chi connectivity index (χ3n) is 5.73. The Labute approximate surface area is 201 Å². The predicted molar refractivity (Wildman–Crippen MR) is 128 cm³/mol. The van der Waals surface area contributed by atoms with Crippen LogP contribution in [0.2, 0.25) is 0 Å². The van der Waals surface area contributed by atoms with E-state index in [2.05, 4.69) is 16.6 Å². The maximum Gasteiger partial charge on any atom is 0.387 e. The lowest BCUT2D eigenvalue weighted by atomic mass is 9.98. The molecule has 182 valence electrons. The zero-order valence-electron chi connectivity index (χ0n) is 19.2. The van der Waals surface area contributed by atoms with Crippen LogP contribution in [0.25, 0.3) is 22.0 Å². The molecule has 4 aromatic rings. The second-order valence-corrected chi connectivity index (χ2v) is 8.20. The smallest absolute Gasteiger partial charge is 0.387 e. The second kappa shape index (κ2) is 11.2. The van der Waals surface area contributed by atoms with Crippen LogP contribution in [0.5, 0.6) is 11.5 Å². The van der Waals surface area contributed by atoms with Crippen LogP contribution < -0.4 is 9.47 Å². The van der Waals surface area contributed by atoms with Gasteiger partial charge in [-0.05, 0) is 66.1 Å². The number of rotatable bonds is 10. The molecule has 0 aliphatic carbocycles. The van der Waals surface area contributed by atoms with Crippen LogP contribution in [-0.2, 0) is 12.8 Å². The molecule has 0 unspecified atom stereocenters. The lowest BCUT2D eigenvalue weighted by molar-refractivity contribution is -0.0522. The molecule has 35 heavy (non-hydrogen) atoms. The topological polar surface area (TPSA) is 31.4 Å². The first-order chi connectivity index (χ1) is 16.9. The molecule has 0 atom stereocenters. The number of benzene rings is 3. The highest BCUT2D eigenvalue weighted by atomic mass is 19.3. The first-order valence-corrected chi connectivity index (χ1v) is 11.5. The quantitative estimate of drug-likeness (QED) is 0.171. The third kappa shape index (κ3) is 6.10. The average molecular weight is 484 g/mol. The van der Waals surface area contributed by atoms with Gasteiger partial charge in [0.15, 0.2) is 11.6 Å². The zero-order chi connectivity index (χ0) is 24.8. The number of alkyl halides is 2. The molecule has 1 heterocycles. The first-order valence-electron chi connectivity index (χ1n) is 11.5. The van der Waals surface area contributed by atoms with Crippen LogP contribution in [0, 0.1) is 11.6 Å². The van der Waals surface area contributed by atoms with E-state index in [0.717, 1.165) is 47.4 Å². The van der Waals surface area contributed by atoms with E-state index in [9.17, 15) is 13.2 Å². The summed E-state index contributed by atoms with van der Waals surface area (Å²) < 4.78 is 63.5. The van der Waals surface area contributed by atoms with Gasteiger partial charge in [0.25, 0.3) is 0 Å². The number of hydrogen-bond donors (Lipinski definition) is 0. The van der Waals surface area contributed by atoms with Crippen molar-refractivity contribution < 1.29 is 27.0 Å². The molecule has 0 N–H and O–H groups in total. The molecule has 0 bridgehead atoms. The molecule has 4 rings (SSSR count). The van der Waals surface area contributed by atoms with Gasteiger partial charge in [-0.3, -0.25) is 4.98 Å². The second-order valence-electron chi connectivity index (χ2n) is 8.20. The molecule has 0 aliphatic rings. The third-order valence-corrected chi connectivity index (χ3v) is 5.73. The van der Waals surface area contributed by atoms with Crippen molar-refractivity contribution in [3.63, 3.8) is 0 Å². The molecule has 3 aromatic carbocycles. The van der Waals surface area contributed by atoms with Gasteiger partial charge in [-0.25, -0.2) is 8.78 Å². The number of aryl methyl sites for hydroxylation is 2. The first kappa shape index (κ1) is 24.5. The fourth-order valence-electron chi connectivity index (χ4n) is 3.83. The number of unbranched alkanes of at least 4 members (excludes halogenated alkanes) is 1. The number of fused-ring (bicyclic) bond motifs is 1. The van der Waals surface area contributed by atoms with Gasteiger partial charge in [-0.1, -0.05) is 43.7 Å². The fourth-order valence-corrected chi connectivity index (χ4v) is 3.83. The standard InChI is InChI=1S/C28H25F4NO2/c1-2-3-14-34-22-10-12-25(33-17-22)21-9-11-23-20(16-21)8-7-19(27(23)30)6-4-18-5-13-26(24(29)15-18)35-28(31)32/h5,7-13,15-17,28H,2-4,6,14H2,1H3. The van der Waals surface area contributed by atoms with Gasteiger partial charge in [-0.15, -0.1) is 0 Å². The van der Waals surface area contributed by atoms with Gasteiger partial charge in [-0.2, -0.15) is 8.78 Å². The van der Waals surface area contributed by atoms with Gasteiger partial charge >= 0.3 is 6.61 Å². The van der Waals surface area contributed by atoms with E-state index >= 15 is 4.39 Å². The Kier molecular flexibility index (Phi) is 7.85. The maximum atomic E-state index is 15.2. The molecule has 0 aliphatic heterocycles. The molecule has 0 amide bonds. The molecule has 7 heteroatoms. The highest BCUT2D eigenvalue weighted by Crippen LogP contribution is 2.28. The Hall–Kier alpha value is -3.61. The van der Waals surface area contributed by atoms with Crippen LogP contribution in [0.3, 0.4) is 0 Å². The Morgan fingerprint density at radius 2 is 1.77 bits per heavy atom. The van der Waals surface area contributed by atoms with Crippen molar-refractivity contribution in [2.45, 2.75) is 39.2 Å². The molecule has 0 fully saturated rings. The summed E-state index contributed by atoms with van der Waals surface area (Å²) in [7, 11) is 0. The summed E-state index contributed by atoms with van der Waals surface area (Å²) in [5.41, 5.74) is 2.68. The molecule has 1 aromatic heterocycles. The van der Waals surface area contributed by atoms with E-state index in [0.29, 0.717) is 36.0 Å². The molecule has 0 saturated heterocycles. The fraction of sp³-hybridized carbons (Fsp3) is 0.250. The number of halogens is 4. The summed E-state index contributed by atoms with van der Waals surface area (Å²) in [6, 6.07) is 16.6. The van der Waals surface area contributed by atoms with E-state index < -0.39 is 18.2 Å². The summed E-state index contributed by atoms with van der Waals surface area (Å²) >= 11 is 0. The summed E-state index contributed by atoms with van der Waals surface area (Å²) in [5, 5.41) is 1.23. The minimum Gasteiger partial charge on any atom is -0.492 e. The number of ether oxygens (including phenoxy) is 2. The van der Waals surface area contributed by atoms with Gasteiger partial charge in [0.2, 0.25) is 0 Å². The van der Waals surface area contributed by atoms with Crippen molar-refractivity contribution in [1.29, 1.82) is 0 Å².